The Bertz CT molecular complexity index is 449. The second kappa shape index (κ2) is 7.02. The molecule has 0 aliphatic heterocycles. The Kier molecular flexibility index (Phi) is 5.66. The first-order valence-electron chi connectivity index (χ1n) is 6.19. The van der Waals surface area contributed by atoms with E-state index in [0.717, 1.165) is 6.42 Å². The van der Waals surface area contributed by atoms with Gasteiger partial charge in [0.05, 0.1) is 6.54 Å². The van der Waals surface area contributed by atoms with Gasteiger partial charge in [-0.15, -0.1) is 13.2 Å². The Balaban J connectivity index is 2.52. The first kappa shape index (κ1) is 16.1. The summed E-state index contributed by atoms with van der Waals surface area (Å²) in [5.74, 6) is -0.550. The highest BCUT2D eigenvalue weighted by atomic mass is 19.4. The largest absolute Gasteiger partial charge is 0.573 e. The van der Waals surface area contributed by atoms with E-state index in [9.17, 15) is 18.0 Å². The molecule has 0 heterocycles. The summed E-state index contributed by atoms with van der Waals surface area (Å²) in [6.45, 7) is 3.80. The van der Waals surface area contributed by atoms with E-state index >= 15 is 0 Å². The molecule has 20 heavy (non-hydrogen) atoms. The van der Waals surface area contributed by atoms with E-state index in [1.807, 2.05) is 13.8 Å². The minimum absolute atomic E-state index is 0.0141. The van der Waals surface area contributed by atoms with Crippen LogP contribution in [0.1, 0.15) is 20.3 Å². The van der Waals surface area contributed by atoms with Gasteiger partial charge >= 0.3 is 6.36 Å². The fourth-order valence-corrected chi connectivity index (χ4v) is 1.41. The van der Waals surface area contributed by atoms with Crippen LogP contribution in [0.2, 0.25) is 0 Å². The minimum atomic E-state index is -4.73. The number of nitrogens with one attached hydrogen (secondary N) is 2. The van der Waals surface area contributed by atoms with Crippen molar-refractivity contribution < 1.29 is 22.7 Å². The number of halogens is 3. The second-order valence-corrected chi connectivity index (χ2v) is 4.31. The van der Waals surface area contributed by atoms with Gasteiger partial charge in [-0.2, -0.15) is 0 Å². The SMILES string of the molecule is CCC(C)NC(=O)CNc1cccc(OC(F)(F)F)c1. The number of ether oxygens (including phenoxy) is 1. The van der Waals surface area contributed by atoms with Gasteiger partial charge in [-0.1, -0.05) is 13.0 Å². The van der Waals surface area contributed by atoms with Gasteiger partial charge in [0.1, 0.15) is 5.75 Å². The topological polar surface area (TPSA) is 50.4 Å². The maximum atomic E-state index is 12.1. The number of carbonyl (C=O) groups is 1. The van der Waals surface area contributed by atoms with Gasteiger partial charge in [0.15, 0.2) is 0 Å². The van der Waals surface area contributed by atoms with Crippen molar-refractivity contribution in [2.45, 2.75) is 32.7 Å². The van der Waals surface area contributed by atoms with Crippen molar-refractivity contribution in [2.24, 2.45) is 0 Å². The van der Waals surface area contributed by atoms with E-state index in [2.05, 4.69) is 15.4 Å². The molecule has 1 atom stereocenters. The smallest absolute Gasteiger partial charge is 0.406 e. The lowest BCUT2D eigenvalue weighted by atomic mass is 10.2. The molecule has 0 fully saturated rings. The van der Waals surface area contributed by atoms with E-state index in [1.54, 1.807) is 6.07 Å². The molecule has 112 valence electrons. The van der Waals surface area contributed by atoms with Gasteiger partial charge in [-0.25, -0.2) is 0 Å². The van der Waals surface area contributed by atoms with E-state index in [1.165, 1.54) is 18.2 Å². The Labute approximate surface area is 115 Å². The lowest BCUT2D eigenvalue weighted by Crippen LogP contribution is -2.36. The molecule has 1 amide bonds. The Morgan fingerprint density at radius 3 is 2.70 bits per heavy atom. The quantitative estimate of drug-likeness (QED) is 0.847. The Morgan fingerprint density at radius 1 is 1.40 bits per heavy atom. The van der Waals surface area contributed by atoms with E-state index < -0.39 is 6.36 Å². The summed E-state index contributed by atoms with van der Waals surface area (Å²) >= 11 is 0. The van der Waals surface area contributed by atoms with Crippen LogP contribution in [-0.2, 0) is 4.79 Å². The van der Waals surface area contributed by atoms with Crippen LogP contribution in [0.3, 0.4) is 0 Å². The molecule has 4 nitrogen and oxygen atoms in total. The molecule has 7 heteroatoms. The highest BCUT2D eigenvalue weighted by Gasteiger charge is 2.31. The van der Waals surface area contributed by atoms with Crippen LogP contribution in [0.25, 0.3) is 0 Å². The molecule has 1 rings (SSSR count). The van der Waals surface area contributed by atoms with Crippen molar-refractivity contribution in [3.63, 3.8) is 0 Å². The number of hydrogen-bond donors (Lipinski definition) is 2. The average Bonchev–Trinajstić information content (AvgIpc) is 2.34. The van der Waals surface area contributed by atoms with Gasteiger partial charge < -0.3 is 15.4 Å². The predicted molar refractivity (Wildman–Crippen MR) is 69.5 cm³/mol. The van der Waals surface area contributed by atoms with Crippen LogP contribution >= 0.6 is 0 Å². The van der Waals surface area contributed by atoms with Crippen molar-refractivity contribution >= 4 is 11.6 Å². The van der Waals surface area contributed by atoms with Crippen LogP contribution in [0.4, 0.5) is 18.9 Å². The summed E-state index contributed by atoms with van der Waals surface area (Å²) in [5, 5.41) is 5.48. The molecule has 0 aliphatic carbocycles. The van der Waals surface area contributed by atoms with Gasteiger partial charge in [-0.3, -0.25) is 4.79 Å². The fourth-order valence-electron chi connectivity index (χ4n) is 1.41. The van der Waals surface area contributed by atoms with Crippen LogP contribution < -0.4 is 15.4 Å². The third kappa shape index (κ3) is 6.31. The summed E-state index contributed by atoms with van der Waals surface area (Å²) in [6.07, 6.45) is -3.92. The molecule has 0 saturated heterocycles. The van der Waals surface area contributed by atoms with E-state index in [-0.39, 0.29) is 24.2 Å². The van der Waals surface area contributed by atoms with Crippen molar-refractivity contribution in [2.75, 3.05) is 11.9 Å². The lowest BCUT2D eigenvalue weighted by molar-refractivity contribution is -0.274. The van der Waals surface area contributed by atoms with E-state index in [0.29, 0.717) is 5.69 Å². The molecule has 0 bridgehead atoms. The summed E-state index contributed by atoms with van der Waals surface area (Å²) < 4.78 is 40.0. The van der Waals surface area contributed by atoms with Crippen LogP contribution in [-0.4, -0.2) is 24.9 Å². The van der Waals surface area contributed by atoms with Crippen LogP contribution in [0.15, 0.2) is 24.3 Å². The first-order chi connectivity index (χ1) is 9.30. The second-order valence-electron chi connectivity index (χ2n) is 4.31. The number of hydrogen-bond acceptors (Lipinski definition) is 3. The molecule has 0 spiro atoms. The van der Waals surface area contributed by atoms with Crippen molar-refractivity contribution in [3.05, 3.63) is 24.3 Å². The lowest BCUT2D eigenvalue weighted by Gasteiger charge is -2.13. The van der Waals surface area contributed by atoms with Crippen molar-refractivity contribution in [3.8, 4) is 5.75 Å². The normalized spacial score (nSPS) is 12.7. The maximum Gasteiger partial charge on any atom is 0.573 e. The molecule has 0 radical (unpaired) electrons. The molecule has 1 aromatic rings. The number of alkyl halides is 3. The molecule has 0 saturated carbocycles. The summed E-state index contributed by atoms with van der Waals surface area (Å²) in [7, 11) is 0. The number of benzene rings is 1. The fraction of sp³-hybridized carbons (Fsp3) is 0.462. The van der Waals surface area contributed by atoms with Crippen molar-refractivity contribution in [1.29, 1.82) is 0 Å². The third-order valence-electron chi connectivity index (χ3n) is 2.54. The zero-order valence-electron chi connectivity index (χ0n) is 11.3. The third-order valence-corrected chi connectivity index (χ3v) is 2.54. The molecular formula is C13H17F3N2O2. The zero-order chi connectivity index (χ0) is 15.2. The van der Waals surface area contributed by atoms with Gasteiger partial charge in [0.25, 0.3) is 0 Å². The Morgan fingerprint density at radius 2 is 2.10 bits per heavy atom. The maximum absolute atomic E-state index is 12.1. The highest BCUT2D eigenvalue weighted by Crippen LogP contribution is 2.24. The molecule has 1 aromatic carbocycles. The average molecular weight is 290 g/mol. The molecule has 0 aromatic heterocycles. The highest BCUT2D eigenvalue weighted by molar-refractivity contribution is 5.81. The summed E-state index contributed by atoms with van der Waals surface area (Å²) in [4.78, 5) is 11.5. The van der Waals surface area contributed by atoms with Crippen LogP contribution in [0, 0.1) is 0 Å². The molecule has 0 aliphatic rings. The summed E-state index contributed by atoms with van der Waals surface area (Å²) in [5.41, 5.74) is 0.381. The first-order valence-corrected chi connectivity index (χ1v) is 6.19. The minimum Gasteiger partial charge on any atom is -0.406 e. The van der Waals surface area contributed by atoms with Gasteiger partial charge in [0, 0.05) is 17.8 Å². The van der Waals surface area contributed by atoms with E-state index in [4.69, 9.17) is 0 Å². The molecule has 2 N–H and O–H groups in total. The summed E-state index contributed by atoms with van der Waals surface area (Å²) in [6, 6.07) is 5.40. The zero-order valence-corrected chi connectivity index (χ0v) is 11.3. The Hall–Kier alpha value is -1.92. The number of anilines is 1. The number of rotatable bonds is 6. The van der Waals surface area contributed by atoms with Gasteiger partial charge in [-0.05, 0) is 25.5 Å². The van der Waals surface area contributed by atoms with Crippen molar-refractivity contribution in [1.82, 2.24) is 5.32 Å². The standard InChI is InChI=1S/C13H17F3N2O2/c1-3-9(2)18-12(19)8-17-10-5-4-6-11(7-10)20-13(14,15)16/h4-7,9,17H,3,8H2,1-2H3,(H,18,19). The number of amides is 1. The van der Waals surface area contributed by atoms with Gasteiger partial charge in [0.2, 0.25) is 5.91 Å². The predicted octanol–water partition coefficient (Wildman–Crippen LogP) is 2.91. The monoisotopic (exact) mass is 290 g/mol. The molecular weight excluding hydrogens is 273 g/mol. The number of carbonyl (C=O) groups excluding carboxylic acids is 1. The van der Waals surface area contributed by atoms with Crippen LogP contribution in [0.5, 0.6) is 5.75 Å². The molecule has 1 unspecified atom stereocenters.